The van der Waals surface area contributed by atoms with Gasteiger partial charge in [0.15, 0.2) is 7.14 Å². The van der Waals surface area contributed by atoms with Crippen LogP contribution in [0.1, 0.15) is 0 Å². The molecule has 0 spiro atoms. The van der Waals surface area contributed by atoms with Crippen molar-refractivity contribution >= 4 is 34.0 Å². The van der Waals surface area contributed by atoms with Crippen LogP contribution < -0.4 is 15.9 Å². The van der Waals surface area contributed by atoms with Crippen molar-refractivity contribution in [2.24, 2.45) is 0 Å². The molecule has 35 heavy (non-hydrogen) atoms. The summed E-state index contributed by atoms with van der Waals surface area (Å²) in [5.74, 6) is 0. The van der Waals surface area contributed by atoms with E-state index in [9.17, 15) is 0 Å². The van der Waals surface area contributed by atoms with Crippen LogP contribution in [-0.4, -0.2) is 4.98 Å². The zero-order valence-corrected chi connectivity index (χ0v) is 19.9. The Kier molecular flexibility index (Phi) is 4.46. The third-order valence-electron chi connectivity index (χ3n) is 7.05. The fourth-order valence-corrected chi connectivity index (χ4v) is 8.54. The van der Waals surface area contributed by atoms with Gasteiger partial charge in [-0.25, -0.2) is 0 Å². The minimum Gasteiger partial charge on any atom is -0.354 e. The molecule has 0 aliphatic carbocycles. The second kappa shape index (κ2) is 7.70. The Morgan fingerprint density at radius 3 is 2.00 bits per heavy atom. The highest BCUT2D eigenvalue weighted by Crippen LogP contribution is 2.53. The first-order valence-electron chi connectivity index (χ1n) is 11.8. The quantitative estimate of drug-likeness (QED) is 0.270. The molecule has 7 rings (SSSR count). The average Bonchev–Trinajstić information content (AvgIpc) is 3.29. The van der Waals surface area contributed by atoms with E-state index in [0.717, 1.165) is 60.3 Å². The second-order valence-electron chi connectivity index (χ2n) is 8.98. The van der Waals surface area contributed by atoms with Crippen LogP contribution in [0.3, 0.4) is 0 Å². The number of rotatable bonds is 2. The van der Waals surface area contributed by atoms with Gasteiger partial charge in [0.25, 0.3) is 0 Å². The maximum atomic E-state index is 15.6. The number of nitrogens with one attached hydrogen (secondary N) is 1. The van der Waals surface area contributed by atoms with Crippen LogP contribution in [-0.2, 0) is 4.57 Å². The van der Waals surface area contributed by atoms with E-state index in [1.54, 1.807) is 0 Å². The summed E-state index contributed by atoms with van der Waals surface area (Å²) < 4.78 is 15.6. The summed E-state index contributed by atoms with van der Waals surface area (Å²) >= 11 is 0. The van der Waals surface area contributed by atoms with Gasteiger partial charge >= 0.3 is 0 Å². The van der Waals surface area contributed by atoms with Gasteiger partial charge in [-0.15, -0.1) is 0 Å². The number of aromatic amines is 1. The number of para-hydroxylation sites is 1. The zero-order chi connectivity index (χ0) is 23.4. The van der Waals surface area contributed by atoms with Crippen LogP contribution in [0.4, 0.5) is 0 Å². The summed E-state index contributed by atoms with van der Waals surface area (Å²) in [5, 5.41) is 3.77. The van der Waals surface area contributed by atoms with Crippen LogP contribution in [0.2, 0.25) is 0 Å². The Labute approximate surface area is 204 Å². The molecule has 5 aromatic carbocycles. The molecule has 0 radical (unpaired) electrons. The van der Waals surface area contributed by atoms with E-state index in [-0.39, 0.29) is 0 Å². The highest BCUT2D eigenvalue weighted by atomic mass is 31.2. The molecule has 166 valence electrons. The molecule has 2 nitrogen and oxygen atoms in total. The summed E-state index contributed by atoms with van der Waals surface area (Å²) in [6.45, 7) is 0. The van der Waals surface area contributed by atoms with Gasteiger partial charge in [0.2, 0.25) is 0 Å². The lowest BCUT2D eigenvalue weighted by Crippen LogP contribution is -2.26. The number of H-pyrrole nitrogens is 1. The topological polar surface area (TPSA) is 32.9 Å². The molecule has 2 heterocycles. The molecule has 0 saturated carbocycles. The average molecular weight is 468 g/mol. The lowest BCUT2D eigenvalue weighted by Gasteiger charge is -2.22. The molecule has 0 fully saturated rings. The monoisotopic (exact) mass is 467 g/mol. The summed E-state index contributed by atoms with van der Waals surface area (Å²) in [6, 6.07) is 43.3. The van der Waals surface area contributed by atoms with Gasteiger partial charge in [-0.05, 0) is 28.8 Å². The van der Waals surface area contributed by atoms with Crippen molar-refractivity contribution in [1.29, 1.82) is 0 Å². The fraction of sp³-hybridized carbons (Fsp3) is 0. The molecule has 1 unspecified atom stereocenters. The summed E-state index contributed by atoms with van der Waals surface area (Å²) in [7, 11) is -3.18. The highest BCUT2D eigenvalue weighted by molar-refractivity contribution is 7.85. The Morgan fingerprint density at radius 2 is 1.17 bits per heavy atom. The zero-order valence-electron chi connectivity index (χ0n) is 19.0. The fourth-order valence-electron chi connectivity index (χ4n) is 5.46. The van der Waals surface area contributed by atoms with Crippen molar-refractivity contribution in [2.75, 3.05) is 0 Å². The molecule has 1 N–H and O–H groups in total. The van der Waals surface area contributed by atoms with Gasteiger partial charge in [0.05, 0.1) is 5.69 Å². The molecule has 3 heteroatoms. The summed E-state index contributed by atoms with van der Waals surface area (Å²) in [5.41, 5.74) is 7.47. The number of fused-ring (bicyclic) bond motifs is 7. The molecule has 6 aromatic rings. The SMILES string of the molecule is O=P1(c2cccc(-c3ccccc3)c2)c2ccccc2-c2[nH]c3ccccc3c2-c2ccccc21. The van der Waals surface area contributed by atoms with Crippen LogP contribution in [0.25, 0.3) is 44.4 Å². The summed E-state index contributed by atoms with van der Waals surface area (Å²) in [4.78, 5) is 3.66. The standard InChI is InChI=1S/C32H22NOP/c34-35(24-14-10-13-23(21-24)22-11-2-1-3-12-22)29-19-8-5-16-26(29)31-25-15-4-7-18-28(25)33-32(31)27-17-6-9-20-30(27)35/h1-21,33H. The number of benzene rings is 5. The Bertz CT molecular complexity index is 1780. The van der Waals surface area contributed by atoms with Crippen molar-refractivity contribution in [2.45, 2.75) is 0 Å². The van der Waals surface area contributed by atoms with E-state index in [0.29, 0.717) is 0 Å². The first-order chi connectivity index (χ1) is 17.2. The largest absolute Gasteiger partial charge is 0.354 e. The Morgan fingerprint density at radius 1 is 0.543 bits per heavy atom. The first kappa shape index (κ1) is 20.3. The predicted molar refractivity (Wildman–Crippen MR) is 148 cm³/mol. The molecule has 0 saturated heterocycles. The second-order valence-corrected chi connectivity index (χ2v) is 11.7. The minimum atomic E-state index is -3.18. The Balaban J connectivity index is 1.59. The van der Waals surface area contributed by atoms with Crippen LogP contribution in [0.15, 0.2) is 127 Å². The smallest absolute Gasteiger partial charge is 0.172 e. The van der Waals surface area contributed by atoms with Crippen molar-refractivity contribution < 1.29 is 4.57 Å². The molecule has 1 aromatic heterocycles. The van der Waals surface area contributed by atoms with Crippen molar-refractivity contribution in [3.05, 3.63) is 127 Å². The van der Waals surface area contributed by atoms with E-state index < -0.39 is 7.14 Å². The molecule has 1 aliphatic rings. The highest BCUT2D eigenvalue weighted by Gasteiger charge is 2.38. The molecule has 0 bridgehead atoms. The third kappa shape index (κ3) is 2.94. The molecule has 1 atom stereocenters. The lowest BCUT2D eigenvalue weighted by molar-refractivity contribution is 0.592. The number of hydrogen-bond donors (Lipinski definition) is 1. The predicted octanol–water partition coefficient (Wildman–Crippen LogP) is 7.12. The van der Waals surface area contributed by atoms with Crippen molar-refractivity contribution in [3.63, 3.8) is 0 Å². The van der Waals surface area contributed by atoms with Crippen LogP contribution >= 0.6 is 7.14 Å². The van der Waals surface area contributed by atoms with Gasteiger partial charge in [0, 0.05) is 37.9 Å². The van der Waals surface area contributed by atoms with E-state index >= 15 is 4.57 Å². The number of aromatic nitrogens is 1. The van der Waals surface area contributed by atoms with E-state index in [1.807, 2.05) is 60.7 Å². The molecular weight excluding hydrogens is 445 g/mol. The van der Waals surface area contributed by atoms with Crippen LogP contribution in [0, 0.1) is 0 Å². The maximum Gasteiger partial charge on any atom is 0.172 e. The normalized spacial score (nSPS) is 16.2. The van der Waals surface area contributed by atoms with Gasteiger partial charge in [-0.3, -0.25) is 0 Å². The van der Waals surface area contributed by atoms with Crippen LogP contribution in [0.5, 0.6) is 0 Å². The lowest BCUT2D eigenvalue weighted by atomic mass is 9.98. The maximum absolute atomic E-state index is 15.6. The van der Waals surface area contributed by atoms with Gasteiger partial charge in [-0.1, -0.05) is 115 Å². The molecule has 0 amide bonds. The summed E-state index contributed by atoms with van der Waals surface area (Å²) in [6.07, 6.45) is 0. The van der Waals surface area contributed by atoms with Crippen molar-refractivity contribution in [3.8, 4) is 33.5 Å². The van der Waals surface area contributed by atoms with E-state index in [4.69, 9.17) is 0 Å². The third-order valence-corrected chi connectivity index (χ3v) is 10.2. The molecule has 1 aliphatic heterocycles. The van der Waals surface area contributed by atoms with Crippen molar-refractivity contribution in [1.82, 2.24) is 4.98 Å². The van der Waals surface area contributed by atoms with Gasteiger partial charge in [0.1, 0.15) is 0 Å². The Hall–Kier alpha value is -4.13. The minimum absolute atomic E-state index is 0.855. The van der Waals surface area contributed by atoms with Gasteiger partial charge < -0.3 is 9.55 Å². The number of hydrogen-bond acceptors (Lipinski definition) is 1. The van der Waals surface area contributed by atoms with E-state index in [1.165, 1.54) is 0 Å². The molecular formula is C32H22NOP. The first-order valence-corrected chi connectivity index (χ1v) is 13.5. The van der Waals surface area contributed by atoms with E-state index in [2.05, 4.69) is 71.7 Å². The van der Waals surface area contributed by atoms with Gasteiger partial charge in [-0.2, -0.15) is 0 Å².